The van der Waals surface area contributed by atoms with E-state index in [9.17, 15) is 4.39 Å². The van der Waals surface area contributed by atoms with Crippen LogP contribution in [0.3, 0.4) is 0 Å². The Hall–Kier alpha value is -1.87. The summed E-state index contributed by atoms with van der Waals surface area (Å²) in [7, 11) is 0. The van der Waals surface area contributed by atoms with Gasteiger partial charge < -0.3 is 11.5 Å². The van der Waals surface area contributed by atoms with Gasteiger partial charge in [0, 0.05) is 11.3 Å². The van der Waals surface area contributed by atoms with E-state index < -0.39 is 6.04 Å². The summed E-state index contributed by atoms with van der Waals surface area (Å²) in [5.41, 5.74) is 14.8. The Morgan fingerprint density at radius 1 is 1.06 bits per heavy atom. The summed E-state index contributed by atoms with van der Waals surface area (Å²) in [5, 5.41) is 0. The van der Waals surface area contributed by atoms with E-state index in [0.29, 0.717) is 11.3 Å². The molecule has 1 atom stereocenters. The fourth-order valence-corrected chi connectivity index (χ4v) is 1.87. The molecule has 88 valence electrons. The third-order valence-corrected chi connectivity index (χ3v) is 2.82. The van der Waals surface area contributed by atoms with Gasteiger partial charge in [-0.05, 0) is 30.2 Å². The smallest absolute Gasteiger partial charge is 0.128 e. The summed E-state index contributed by atoms with van der Waals surface area (Å²) >= 11 is 0. The molecule has 0 saturated heterocycles. The van der Waals surface area contributed by atoms with Crippen molar-refractivity contribution in [1.29, 1.82) is 0 Å². The van der Waals surface area contributed by atoms with Crippen molar-refractivity contribution in [3.8, 4) is 0 Å². The van der Waals surface area contributed by atoms with Crippen molar-refractivity contribution in [2.45, 2.75) is 13.0 Å². The minimum Gasteiger partial charge on any atom is -0.398 e. The van der Waals surface area contributed by atoms with Crippen molar-refractivity contribution >= 4 is 5.69 Å². The molecule has 0 fully saturated rings. The van der Waals surface area contributed by atoms with Crippen LogP contribution >= 0.6 is 0 Å². The maximum absolute atomic E-state index is 13.6. The van der Waals surface area contributed by atoms with Gasteiger partial charge in [-0.1, -0.05) is 30.3 Å². The largest absolute Gasteiger partial charge is 0.398 e. The van der Waals surface area contributed by atoms with Gasteiger partial charge in [0.1, 0.15) is 5.82 Å². The number of anilines is 1. The van der Waals surface area contributed by atoms with Crippen LogP contribution in [0, 0.1) is 12.7 Å². The Morgan fingerprint density at radius 2 is 1.76 bits per heavy atom. The zero-order chi connectivity index (χ0) is 12.4. The molecule has 0 bridgehead atoms. The van der Waals surface area contributed by atoms with E-state index in [1.54, 1.807) is 18.2 Å². The molecule has 0 heterocycles. The van der Waals surface area contributed by atoms with E-state index in [1.807, 2.05) is 25.1 Å². The molecule has 0 saturated carbocycles. The van der Waals surface area contributed by atoms with Gasteiger partial charge in [-0.15, -0.1) is 0 Å². The first-order valence-electron chi connectivity index (χ1n) is 5.45. The molecule has 0 aliphatic heterocycles. The van der Waals surface area contributed by atoms with Gasteiger partial charge >= 0.3 is 0 Å². The first-order valence-corrected chi connectivity index (χ1v) is 5.45. The minimum absolute atomic E-state index is 0.306. The van der Waals surface area contributed by atoms with Crippen molar-refractivity contribution < 1.29 is 4.39 Å². The number of halogens is 1. The van der Waals surface area contributed by atoms with Gasteiger partial charge in [-0.25, -0.2) is 4.39 Å². The Labute approximate surface area is 100 Å². The summed E-state index contributed by atoms with van der Waals surface area (Å²) in [5.74, 6) is -0.306. The molecule has 2 aromatic rings. The SMILES string of the molecule is Cc1ccc(C(N)c2ccccc2F)c(N)c1. The van der Waals surface area contributed by atoms with Crippen LogP contribution in [0.15, 0.2) is 42.5 Å². The summed E-state index contributed by atoms with van der Waals surface area (Å²) in [6.07, 6.45) is 0. The number of benzene rings is 2. The van der Waals surface area contributed by atoms with Crippen molar-refractivity contribution in [2.24, 2.45) is 5.73 Å². The van der Waals surface area contributed by atoms with E-state index in [2.05, 4.69) is 0 Å². The molecule has 2 nitrogen and oxygen atoms in total. The Balaban J connectivity index is 2.44. The summed E-state index contributed by atoms with van der Waals surface area (Å²) in [6, 6.07) is 11.6. The maximum Gasteiger partial charge on any atom is 0.128 e. The molecule has 2 aromatic carbocycles. The number of hydrogen-bond donors (Lipinski definition) is 2. The number of nitrogens with two attached hydrogens (primary N) is 2. The van der Waals surface area contributed by atoms with Crippen LogP contribution in [-0.2, 0) is 0 Å². The van der Waals surface area contributed by atoms with Crippen LogP contribution in [0.4, 0.5) is 10.1 Å². The number of rotatable bonds is 2. The predicted molar refractivity (Wildman–Crippen MR) is 68.0 cm³/mol. The highest BCUT2D eigenvalue weighted by molar-refractivity contribution is 5.53. The molecule has 0 aromatic heterocycles. The average Bonchev–Trinajstić information content (AvgIpc) is 2.29. The van der Waals surface area contributed by atoms with E-state index in [-0.39, 0.29) is 5.82 Å². The average molecular weight is 230 g/mol. The quantitative estimate of drug-likeness (QED) is 0.779. The molecule has 1 unspecified atom stereocenters. The lowest BCUT2D eigenvalue weighted by atomic mass is 9.97. The molecule has 0 amide bonds. The molecular weight excluding hydrogens is 215 g/mol. The molecule has 0 spiro atoms. The van der Waals surface area contributed by atoms with Crippen LogP contribution in [0.25, 0.3) is 0 Å². The number of hydrogen-bond acceptors (Lipinski definition) is 2. The summed E-state index contributed by atoms with van der Waals surface area (Å²) in [4.78, 5) is 0. The standard InChI is InChI=1S/C14H15FN2/c1-9-6-7-11(13(16)8-9)14(17)10-4-2-3-5-12(10)15/h2-8,14H,16-17H2,1H3. The van der Waals surface area contributed by atoms with Crippen molar-refractivity contribution in [3.63, 3.8) is 0 Å². The van der Waals surface area contributed by atoms with Gasteiger partial charge in [0.15, 0.2) is 0 Å². The third kappa shape index (κ3) is 2.29. The fourth-order valence-electron chi connectivity index (χ4n) is 1.87. The summed E-state index contributed by atoms with van der Waals surface area (Å²) in [6.45, 7) is 1.95. The van der Waals surface area contributed by atoms with Crippen LogP contribution < -0.4 is 11.5 Å². The second-order valence-electron chi connectivity index (χ2n) is 4.13. The number of nitrogen functional groups attached to an aromatic ring is 1. The normalized spacial score (nSPS) is 12.4. The second-order valence-corrected chi connectivity index (χ2v) is 4.13. The highest BCUT2D eigenvalue weighted by Gasteiger charge is 2.15. The monoisotopic (exact) mass is 230 g/mol. The minimum atomic E-state index is -0.531. The lowest BCUT2D eigenvalue weighted by molar-refractivity contribution is 0.600. The maximum atomic E-state index is 13.6. The van der Waals surface area contributed by atoms with E-state index in [1.165, 1.54) is 6.07 Å². The van der Waals surface area contributed by atoms with Crippen LogP contribution in [0.1, 0.15) is 22.7 Å². The molecule has 0 radical (unpaired) electrons. The van der Waals surface area contributed by atoms with Crippen LogP contribution in [0.2, 0.25) is 0 Å². The lowest BCUT2D eigenvalue weighted by Gasteiger charge is -2.16. The van der Waals surface area contributed by atoms with Crippen molar-refractivity contribution in [3.05, 3.63) is 65.0 Å². The molecule has 0 aliphatic rings. The highest BCUT2D eigenvalue weighted by Crippen LogP contribution is 2.26. The fraction of sp³-hybridized carbons (Fsp3) is 0.143. The molecule has 0 aliphatic carbocycles. The van der Waals surface area contributed by atoms with Gasteiger partial charge in [0.2, 0.25) is 0 Å². The Bertz CT molecular complexity index is 537. The van der Waals surface area contributed by atoms with Gasteiger partial charge in [0.25, 0.3) is 0 Å². The van der Waals surface area contributed by atoms with Gasteiger partial charge in [-0.2, -0.15) is 0 Å². The summed E-state index contributed by atoms with van der Waals surface area (Å²) < 4.78 is 13.6. The first kappa shape index (κ1) is 11.6. The third-order valence-electron chi connectivity index (χ3n) is 2.82. The predicted octanol–water partition coefficient (Wildman–Crippen LogP) is 2.76. The van der Waals surface area contributed by atoms with E-state index in [0.717, 1.165) is 11.1 Å². The number of aryl methyl sites for hydroxylation is 1. The van der Waals surface area contributed by atoms with Crippen LogP contribution in [-0.4, -0.2) is 0 Å². The zero-order valence-corrected chi connectivity index (χ0v) is 9.65. The highest BCUT2D eigenvalue weighted by atomic mass is 19.1. The molecular formula is C14H15FN2. The van der Waals surface area contributed by atoms with Gasteiger partial charge in [-0.3, -0.25) is 0 Å². The molecule has 3 heteroatoms. The Kier molecular flexibility index (Phi) is 3.11. The van der Waals surface area contributed by atoms with E-state index >= 15 is 0 Å². The molecule has 2 rings (SSSR count). The zero-order valence-electron chi connectivity index (χ0n) is 9.65. The van der Waals surface area contributed by atoms with Crippen molar-refractivity contribution in [1.82, 2.24) is 0 Å². The van der Waals surface area contributed by atoms with Crippen LogP contribution in [0.5, 0.6) is 0 Å². The second kappa shape index (κ2) is 4.55. The van der Waals surface area contributed by atoms with Gasteiger partial charge in [0.05, 0.1) is 6.04 Å². The Morgan fingerprint density at radius 3 is 2.41 bits per heavy atom. The lowest BCUT2D eigenvalue weighted by Crippen LogP contribution is -2.15. The van der Waals surface area contributed by atoms with Crippen molar-refractivity contribution in [2.75, 3.05) is 5.73 Å². The molecule has 4 N–H and O–H groups in total. The van der Waals surface area contributed by atoms with E-state index in [4.69, 9.17) is 11.5 Å². The first-order chi connectivity index (χ1) is 8.09. The topological polar surface area (TPSA) is 52.0 Å². The molecule has 17 heavy (non-hydrogen) atoms.